The number of aromatic nitrogens is 3. The lowest BCUT2D eigenvalue weighted by atomic mass is 10.2. The summed E-state index contributed by atoms with van der Waals surface area (Å²) in [6.07, 6.45) is 0. The maximum absolute atomic E-state index is 12.4. The number of amides is 1. The Hall–Kier alpha value is -2.84. The molecule has 1 N–H and O–H groups in total. The number of H-pyrrole nitrogens is 1. The lowest BCUT2D eigenvalue weighted by Crippen LogP contribution is -2.37. The molecule has 0 spiro atoms. The Morgan fingerprint density at radius 3 is 2.64 bits per heavy atom. The number of fused-ring (bicyclic) bond motifs is 3. The Morgan fingerprint density at radius 2 is 2.00 bits per heavy atom. The van der Waals surface area contributed by atoms with Crippen molar-refractivity contribution in [3.63, 3.8) is 0 Å². The molecule has 0 aromatic carbocycles. The third kappa shape index (κ3) is 1.71. The number of ether oxygens (including phenoxy) is 2. The number of carbonyl (C=O) groups is 2. The van der Waals surface area contributed by atoms with Crippen molar-refractivity contribution in [3.8, 4) is 5.75 Å². The molecule has 22 heavy (non-hydrogen) atoms. The first kappa shape index (κ1) is 14.1. The van der Waals surface area contributed by atoms with E-state index in [2.05, 4.69) is 10.2 Å². The van der Waals surface area contributed by atoms with Crippen molar-refractivity contribution in [2.24, 2.45) is 0 Å². The van der Waals surface area contributed by atoms with E-state index in [4.69, 9.17) is 9.47 Å². The topological polar surface area (TPSA) is 107 Å². The average Bonchev–Trinajstić information content (AvgIpc) is 2.86. The van der Waals surface area contributed by atoms with Crippen LogP contribution in [0.3, 0.4) is 0 Å². The lowest BCUT2D eigenvalue weighted by molar-refractivity contribution is 0.0593. The zero-order chi connectivity index (χ0) is 16.0. The van der Waals surface area contributed by atoms with Crippen LogP contribution in [0.5, 0.6) is 5.75 Å². The number of aromatic amines is 1. The van der Waals surface area contributed by atoms with E-state index in [0.717, 1.165) is 0 Å². The molecule has 3 rings (SSSR count). The van der Waals surface area contributed by atoms with Gasteiger partial charge in [0.25, 0.3) is 11.5 Å². The summed E-state index contributed by atoms with van der Waals surface area (Å²) < 4.78 is 11.5. The van der Waals surface area contributed by atoms with E-state index < -0.39 is 11.5 Å². The molecule has 2 aromatic rings. The fraction of sp³-hybridized carbons (Fsp3) is 0.385. The maximum atomic E-state index is 12.4. The molecule has 3 heterocycles. The van der Waals surface area contributed by atoms with Crippen molar-refractivity contribution in [1.29, 1.82) is 0 Å². The van der Waals surface area contributed by atoms with Crippen LogP contribution in [0.2, 0.25) is 0 Å². The molecular formula is C13H14N4O5. The van der Waals surface area contributed by atoms with Gasteiger partial charge >= 0.3 is 5.97 Å². The molecule has 0 bridgehead atoms. The Labute approximate surface area is 124 Å². The highest BCUT2D eigenvalue weighted by molar-refractivity contribution is 6.09. The Kier molecular flexibility index (Phi) is 3.12. The van der Waals surface area contributed by atoms with Gasteiger partial charge in [0, 0.05) is 20.1 Å². The second-order valence-electron chi connectivity index (χ2n) is 4.88. The summed E-state index contributed by atoms with van der Waals surface area (Å²) >= 11 is 0. The second-order valence-corrected chi connectivity index (χ2v) is 4.88. The van der Waals surface area contributed by atoms with E-state index in [0.29, 0.717) is 13.1 Å². The highest BCUT2D eigenvalue weighted by atomic mass is 16.5. The Balaban J connectivity index is 2.49. The predicted octanol–water partition coefficient (Wildman–Crippen LogP) is -0.395. The third-order valence-corrected chi connectivity index (χ3v) is 3.73. The van der Waals surface area contributed by atoms with Crippen molar-refractivity contribution >= 4 is 22.8 Å². The highest BCUT2D eigenvalue weighted by Crippen LogP contribution is 2.34. The molecule has 0 unspecified atom stereocenters. The van der Waals surface area contributed by atoms with Gasteiger partial charge in [0.2, 0.25) is 0 Å². The smallest absolute Gasteiger partial charge is 0.360 e. The van der Waals surface area contributed by atoms with E-state index in [1.165, 1.54) is 19.1 Å². The van der Waals surface area contributed by atoms with Crippen LogP contribution in [0.25, 0.3) is 10.9 Å². The minimum atomic E-state index is -0.699. The van der Waals surface area contributed by atoms with Crippen LogP contribution in [0.15, 0.2) is 4.79 Å². The number of nitrogens with zero attached hydrogens (tertiary/aromatic N) is 3. The van der Waals surface area contributed by atoms with Gasteiger partial charge in [-0.2, -0.15) is 5.10 Å². The lowest BCUT2D eigenvalue weighted by Gasteiger charge is -2.25. The summed E-state index contributed by atoms with van der Waals surface area (Å²) in [6, 6.07) is 0. The van der Waals surface area contributed by atoms with Gasteiger partial charge in [0.15, 0.2) is 17.1 Å². The number of methoxy groups -OCH3 is 2. The summed E-state index contributed by atoms with van der Waals surface area (Å²) in [5.41, 5.74) is -0.102. The molecular weight excluding hydrogens is 292 g/mol. The fourth-order valence-corrected chi connectivity index (χ4v) is 2.67. The number of hydrogen-bond acceptors (Lipinski definition) is 6. The van der Waals surface area contributed by atoms with E-state index in [1.807, 2.05) is 0 Å². The monoisotopic (exact) mass is 306 g/mol. The molecule has 1 aliphatic heterocycles. The van der Waals surface area contributed by atoms with Gasteiger partial charge in [0.05, 0.1) is 19.7 Å². The number of likely N-dealkylation sites (N-methyl/N-ethyl adjacent to an activating group) is 1. The van der Waals surface area contributed by atoms with Crippen LogP contribution in [0.1, 0.15) is 21.0 Å². The zero-order valence-corrected chi connectivity index (χ0v) is 12.3. The second kappa shape index (κ2) is 4.86. The van der Waals surface area contributed by atoms with E-state index in [9.17, 15) is 14.4 Å². The molecule has 0 saturated heterocycles. The first-order chi connectivity index (χ1) is 10.5. The summed E-state index contributed by atoms with van der Waals surface area (Å²) in [7, 11) is 4.25. The molecule has 0 fully saturated rings. The van der Waals surface area contributed by atoms with Gasteiger partial charge in [-0.15, -0.1) is 0 Å². The van der Waals surface area contributed by atoms with Crippen LogP contribution in [0.4, 0.5) is 0 Å². The molecule has 2 aromatic heterocycles. The number of carbonyl (C=O) groups excluding carboxylic acids is 2. The van der Waals surface area contributed by atoms with Crippen molar-refractivity contribution in [1.82, 2.24) is 19.7 Å². The van der Waals surface area contributed by atoms with Crippen LogP contribution in [-0.4, -0.2) is 59.4 Å². The van der Waals surface area contributed by atoms with Crippen molar-refractivity contribution in [2.75, 3.05) is 27.8 Å². The first-order valence-corrected chi connectivity index (χ1v) is 6.53. The SMILES string of the molecule is COC(=O)c1n[nH]c(=O)c2c(OC)c3n(c12)CCN(C)C3=O. The minimum absolute atomic E-state index is 0.0565. The van der Waals surface area contributed by atoms with Gasteiger partial charge in [-0.1, -0.05) is 0 Å². The molecule has 9 heteroatoms. The van der Waals surface area contributed by atoms with Crippen molar-refractivity contribution < 1.29 is 19.1 Å². The molecule has 116 valence electrons. The fourth-order valence-electron chi connectivity index (χ4n) is 2.67. The predicted molar refractivity (Wildman–Crippen MR) is 75.2 cm³/mol. The number of rotatable bonds is 2. The number of esters is 1. The molecule has 1 amide bonds. The summed E-state index contributed by atoms with van der Waals surface area (Å²) in [4.78, 5) is 38.0. The Bertz CT molecular complexity index is 850. The van der Waals surface area contributed by atoms with Gasteiger partial charge in [-0.25, -0.2) is 9.89 Å². The minimum Gasteiger partial charge on any atom is -0.493 e. The van der Waals surface area contributed by atoms with Crippen LogP contribution >= 0.6 is 0 Å². The van der Waals surface area contributed by atoms with Gasteiger partial charge < -0.3 is 18.9 Å². The summed E-state index contributed by atoms with van der Waals surface area (Å²) in [5, 5.41) is 6.13. The third-order valence-electron chi connectivity index (χ3n) is 3.73. The molecule has 9 nitrogen and oxygen atoms in total. The average molecular weight is 306 g/mol. The van der Waals surface area contributed by atoms with Gasteiger partial charge in [-0.3, -0.25) is 9.59 Å². The molecule has 0 radical (unpaired) electrons. The highest BCUT2D eigenvalue weighted by Gasteiger charge is 2.34. The number of hydrogen-bond donors (Lipinski definition) is 1. The standard InChI is InChI=1S/C13H14N4O5/c1-16-4-5-17-8-6(10(21-2)9(17)12(16)19)11(18)15-14-7(8)13(20)22-3/h4-5H2,1-3H3,(H,15,18). The quantitative estimate of drug-likeness (QED) is 0.757. The summed E-state index contributed by atoms with van der Waals surface area (Å²) in [5.74, 6) is -0.842. The van der Waals surface area contributed by atoms with Gasteiger partial charge in [-0.05, 0) is 0 Å². The number of nitrogens with one attached hydrogen (secondary N) is 1. The molecule has 1 aliphatic rings. The van der Waals surface area contributed by atoms with Crippen LogP contribution in [-0.2, 0) is 11.3 Å². The van der Waals surface area contributed by atoms with Crippen LogP contribution in [0, 0.1) is 0 Å². The molecule has 0 atom stereocenters. The molecule has 0 saturated carbocycles. The zero-order valence-electron chi connectivity index (χ0n) is 12.3. The Morgan fingerprint density at radius 1 is 1.27 bits per heavy atom. The van der Waals surface area contributed by atoms with Crippen molar-refractivity contribution in [2.45, 2.75) is 6.54 Å². The largest absolute Gasteiger partial charge is 0.493 e. The summed E-state index contributed by atoms with van der Waals surface area (Å²) in [6.45, 7) is 0.874. The van der Waals surface area contributed by atoms with E-state index in [-0.39, 0.29) is 33.9 Å². The maximum Gasteiger partial charge on any atom is 0.360 e. The van der Waals surface area contributed by atoms with Crippen molar-refractivity contribution in [3.05, 3.63) is 21.7 Å². The first-order valence-electron chi connectivity index (χ1n) is 6.53. The van der Waals surface area contributed by atoms with E-state index >= 15 is 0 Å². The van der Waals surface area contributed by atoms with Gasteiger partial charge in [0.1, 0.15) is 5.39 Å². The van der Waals surface area contributed by atoms with E-state index in [1.54, 1.807) is 11.6 Å². The molecule has 0 aliphatic carbocycles. The van der Waals surface area contributed by atoms with Crippen LogP contribution < -0.4 is 10.3 Å². The normalized spacial score (nSPS) is 14.1.